The molecule has 4 atom stereocenters. The Morgan fingerprint density at radius 3 is 2.67 bits per heavy atom. The van der Waals surface area contributed by atoms with Crippen LogP contribution in [0, 0.1) is 10.1 Å². The lowest BCUT2D eigenvalue weighted by molar-refractivity contribution is -0.384. The Balaban J connectivity index is 1.59. The first-order valence-electron chi connectivity index (χ1n) is 6.76. The number of alkyl halides is 1. The van der Waals surface area contributed by atoms with Crippen molar-refractivity contribution in [3.8, 4) is 0 Å². The molecule has 1 aromatic heterocycles. The highest BCUT2D eigenvalue weighted by Crippen LogP contribution is 2.61. The highest BCUT2D eigenvalue weighted by molar-refractivity contribution is 8.00. The molecule has 0 saturated heterocycles. The molecule has 1 unspecified atom stereocenters. The smallest absolute Gasteiger partial charge is 0.258 e. The van der Waals surface area contributed by atoms with Crippen LogP contribution < -0.4 is 0 Å². The van der Waals surface area contributed by atoms with Crippen LogP contribution >= 0.6 is 34.7 Å². The van der Waals surface area contributed by atoms with Crippen molar-refractivity contribution in [2.24, 2.45) is 0 Å². The number of non-ortho nitro benzene ring substituents is 1. The van der Waals surface area contributed by atoms with Gasteiger partial charge in [0, 0.05) is 33.6 Å². The third-order valence-corrected chi connectivity index (χ3v) is 7.09. The summed E-state index contributed by atoms with van der Waals surface area (Å²) >= 11 is 10.1. The Bertz CT molecular complexity index is 700. The van der Waals surface area contributed by atoms with Crippen LogP contribution in [0.4, 0.5) is 5.69 Å². The molecule has 0 amide bonds. The monoisotopic (exact) mass is 337 g/mol. The number of nitro benzene ring substituents is 1. The van der Waals surface area contributed by atoms with E-state index in [-0.39, 0.29) is 16.0 Å². The third-order valence-electron chi connectivity index (χ3n) is 4.42. The quantitative estimate of drug-likeness (QED) is 0.449. The number of halogens is 1. The average molecular weight is 338 g/mol. The van der Waals surface area contributed by atoms with E-state index in [1.54, 1.807) is 23.5 Å². The Morgan fingerprint density at radius 1 is 1.24 bits per heavy atom. The molecule has 0 spiro atoms. The number of thiophene rings is 1. The second-order valence-electron chi connectivity index (χ2n) is 5.50. The number of hydrogen-bond acceptors (Lipinski definition) is 4. The molecule has 4 rings (SSSR count). The number of hydrogen-bond donors (Lipinski definition) is 0. The number of nitro groups is 1. The van der Waals surface area contributed by atoms with Crippen LogP contribution in [0.1, 0.15) is 29.4 Å². The van der Waals surface area contributed by atoms with Gasteiger partial charge < -0.3 is 0 Å². The molecule has 0 radical (unpaired) electrons. The predicted octanol–water partition coefficient (Wildman–Crippen LogP) is 5.01. The molecule has 0 N–H and O–H groups in total. The minimum absolute atomic E-state index is 0.141. The van der Waals surface area contributed by atoms with Crippen molar-refractivity contribution in [2.45, 2.75) is 33.8 Å². The summed E-state index contributed by atoms with van der Waals surface area (Å²) in [6.07, 6.45) is 1.04. The van der Waals surface area contributed by atoms with Crippen LogP contribution in [0.2, 0.25) is 0 Å². The van der Waals surface area contributed by atoms with Gasteiger partial charge in [0.15, 0.2) is 0 Å². The van der Waals surface area contributed by atoms with Crippen molar-refractivity contribution in [2.75, 3.05) is 0 Å². The zero-order valence-corrected chi connectivity index (χ0v) is 13.3. The molecule has 108 valence electrons. The van der Waals surface area contributed by atoms with Crippen LogP contribution in [0.5, 0.6) is 0 Å². The van der Waals surface area contributed by atoms with E-state index < -0.39 is 0 Å². The van der Waals surface area contributed by atoms with Crippen molar-refractivity contribution in [3.63, 3.8) is 0 Å². The SMILES string of the molecule is O=[N+]([O-])c1ccc(SC2[C@H]3c4cscc4[C@@H]2C[C@H]3Cl)cc1. The summed E-state index contributed by atoms with van der Waals surface area (Å²) < 4.78 is 0. The summed E-state index contributed by atoms with van der Waals surface area (Å²) in [4.78, 5) is 11.4. The largest absolute Gasteiger partial charge is 0.269 e. The fourth-order valence-corrected chi connectivity index (χ4v) is 6.55. The highest BCUT2D eigenvalue weighted by atomic mass is 35.5. The van der Waals surface area contributed by atoms with Gasteiger partial charge in [-0.3, -0.25) is 10.1 Å². The van der Waals surface area contributed by atoms with E-state index in [2.05, 4.69) is 10.8 Å². The number of thioether (sulfide) groups is 1. The maximum atomic E-state index is 10.7. The standard InChI is InChI=1S/C15H12ClNO2S2/c16-13-5-10-11-6-20-7-12(11)14(13)15(10)21-9-3-1-8(2-4-9)17(18)19/h1-4,6-7,10,13-15H,5H2/t10-,13+,14-,15?/m0/s1. The Labute approximate surface area is 135 Å². The maximum absolute atomic E-state index is 10.7. The topological polar surface area (TPSA) is 43.1 Å². The molecule has 1 fully saturated rings. The van der Waals surface area contributed by atoms with Crippen molar-refractivity contribution in [1.82, 2.24) is 0 Å². The second-order valence-corrected chi connectivity index (χ2v) is 8.06. The lowest BCUT2D eigenvalue weighted by Gasteiger charge is -2.17. The van der Waals surface area contributed by atoms with Crippen molar-refractivity contribution < 1.29 is 4.92 Å². The second kappa shape index (κ2) is 5.00. The molecular weight excluding hydrogens is 326 g/mol. The summed E-state index contributed by atoms with van der Waals surface area (Å²) in [6, 6.07) is 6.84. The maximum Gasteiger partial charge on any atom is 0.269 e. The molecule has 0 aliphatic heterocycles. The molecule has 21 heavy (non-hydrogen) atoms. The van der Waals surface area contributed by atoms with Crippen LogP contribution in [0.25, 0.3) is 0 Å². The van der Waals surface area contributed by atoms with Crippen LogP contribution in [0.3, 0.4) is 0 Å². The molecule has 1 heterocycles. The fourth-order valence-electron chi connectivity index (χ4n) is 3.50. The van der Waals surface area contributed by atoms with Gasteiger partial charge in [-0.1, -0.05) is 0 Å². The molecule has 2 aliphatic carbocycles. The van der Waals surface area contributed by atoms with Crippen LogP contribution in [0.15, 0.2) is 39.9 Å². The first-order valence-corrected chi connectivity index (χ1v) is 9.02. The predicted molar refractivity (Wildman–Crippen MR) is 86.8 cm³/mol. The van der Waals surface area contributed by atoms with E-state index in [1.165, 1.54) is 11.1 Å². The number of benzene rings is 1. The fraction of sp³-hybridized carbons (Fsp3) is 0.333. The van der Waals surface area contributed by atoms with Crippen LogP contribution in [-0.4, -0.2) is 15.6 Å². The zero-order chi connectivity index (χ0) is 14.6. The molecule has 1 aromatic carbocycles. The zero-order valence-electron chi connectivity index (χ0n) is 10.9. The minimum Gasteiger partial charge on any atom is -0.258 e. The summed E-state index contributed by atoms with van der Waals surface area (Å²) in [5.41, 5.74) is 3.04. The molecule has 2 aliphatic rings. The third kappa shape index (κ3) is 2.10. The molecular formula is C15H12ClNO2S2. The Hall–Kier alpha value is -1.04. The Morgan fingerprint density at radius 2 is 1.95 bits per heavy atom. The van der Waals surface area contributed by atoms with Gasteiger partial charge in [0.2, 0.25) is 0 Å². The molecule has 3 nitrogen and oxygen atoms in total. The van der Waals surface area contributed by atoms with E-state index in [1.807, 2.05) is 23.9 Å². The normalized spacial score (nSPS) is 29.6. The van der Waals surface area contributed by atoms with Gasteiger partial charge in [-0.15, -0.1) is 23.4 Å². The average Bonchev–Trinajstić information content (AvgIpc) is 3.10. The van der Waals surface area contributed by atoms with E-state index in [0.29, 0.717) is 17.1 Å². The van der Waals surface area contributed by atoms with E-state index in [4.69, 9.17) is 11.6 Å². The molecule has 2 bridgehead atoms. The highest BCUT2D eigenvalue weighted by Gasteiger charge is 2.51. The molecule has 1 saturated carbocycles. The van der Waals surface area contributed by atoms with Crippen molar-refractivity contribution in [3.05, 3.63) is 56.3 Å². The van der Waals surface area contributed by atoms with Gasteiger partial charge in [-0.25, -0.2) is 0 Å². The van der Waals surface area contributed by atoms with Gasteiger partial charge in [-0.2, -0.15) is 11.3 Å². The number of rotatable bonds is 3. The van der Waals surface area contributed by atoms with Gasteiger partial charge in [0.25, 0.3) is 5.69 Å². The van der Waals surface area contributed by atoms with Crippen molar-refractivity contribution in [1.29, 1.82) is 0 Å². The molecule has 2 aromatic rings. The van der Waals surface area contributed by atoms with E-state index in [9.17, 15) is 10.1 Å². The van der Waals surface area contributed by atoms with E-state index in [0.717, 1.165) is 11.3 Å². The van der Waals surface area contributed by atoms with Gasteiger partial charge in [-0.05, 0) is 46.4 Å². The lowest BCUT2D eigenvalue weighted by atomic mass is 9.96. The summed E-state index contributed by atoms with van der Waals surface area (Å²) in [6.45, 7) is 0. The summed E-state index contributed by atoms with van der Waals surface area (Å²) in [5.74, 6) is 0.942. The minimum atomic E-state index is -0.361. The van der Waals surface area contributed by atoms with Crippen LogP contribution in [-0.2, 0) is 0 Å². The van der Waals surface area contributed by atoms with Crippen molar-refractivity contribution >= 4 is 40.4 Å². The van der Waals surface area contributed by atoms with Gasteiger partial charge >= 0.3 is 0 Å². The summed E-state index contributed by atoms with van der Waals surface area (Å²) in [5, 5.41) is 15.9. The first-order chi connectivity index (χ1) is 10.1. The summed E-state index contributed by atoms with van der Waals surface area (Å²) in [7, 11) is 0. The Kier molecular flexibility index (Phi) is 3.24. The van der Waals surface area contributed by atoms with E-state index >= 15 is 0 Å². The van der Waals surface area contributed by atoms with Gasteiger partial charge in [0.1, 0.15) is 0 Å². The number of nitrogens with zero attached hydrogens (tertiary/aromatic N) is 1. The molecule has 6 heteroatoms. The lowest BCUT2D eigenvalue weighted by Crippen LogP contribution is -2.11. The van der Waals surface area contributed by atoms with Gasteiger partial charge in [0.05, 0.1) is 4.92 Å². The number of fused-ring (bicyclic) bond motifs is 5. The first kappa shape index (κ1) is 13.6.